The molecule has 0 bridgehead atoms. The Morgan fingerprint density at radius 1 is 1.45 bits per heavy atom. The first kappa shape index (κ1) is 14.3. The van der Waals surface area contributed by atoms with Crippen LogP contribution in [0.25, 0.3) is 0 Å². The van der Waals surface area contributed by atoms with E-state index in [1.54, 1.807) is 13.0 Å². The number of carbonyl (C=O) groups excluding carboxylic acids is 1. The second-order valence-corrected chi connectivity index (χ2v) is 5.20. The van der Waals surface area contributed by atoms with Crippen molar-refractivity contribution in [2.24, 2.45) is 5.73 Å². The van der Waals surface area contributed by atoms with E-state index in [-0.39, 0.29) is 18.2 Å². The van der Waals surface area contributed by atoms with Gasteiger partial charge in [0.15, 0.2) is 0 Å². The van der Waals surface area contributed by atoms with Crippen molar-refractivity contribution in [3.8, 4) is 0 Å². The summed E-state index contributed by atoms with van der Waals surface area (Å²) in [5.41, 5.74) is 6.22. The van der Waals surface area contributed by atoms with E-state index in [2.05, 4.69) is 4.98 Å². The molecule has 0 saturated heterocycles. The van der Waals surface area contributed by atoms with Crippen molar-refractivity contribution >= 4 is 17.7 Å². The summed E-state index contributed by atoms with van der Waals surface area (Å²) in [5, 5.41) is 8.97. The van der Waals surface area contributed by atoms with Crippen LogP contribution in [0.4, 0.5) is 5.82 Å². The molecule has 1 aromatic heterocycles. The SMILES string of the molecule is Cc1cc(C(=O)O)cnc1N(CC(N)=O)C1CCCC1. The lowest BCUT2D eigenvalue weighted by Gasteiger charge is -2.30. The molecule has 0 aromatic carbocycles. The molecule has 1 fully saturated rings. The molecular formula is C14H19N3O3. The highest BCUT2D eigenvalue weighted by Gasteiger charge is 2.26. The summed E-state index contributed by atoms with van der Waals surface area (Å²) in [6.07, 6.45) is 5.61. The number of aromatic nitrogens is 1. The quantitative estimate of drug-likeness (QED) is 0.846. The lowest BCUT2D eigenvalue weighted by Crippen LogP contribution is -2.41. The van der Waals surface area contributed by atoms with Crippen LogP contribution in [0.1, 0.15) is 41.6 Å². The summed E-state index contributed by atoms with van der Waals surface area (Å²) in [6.45, 7) is 1.92. The molecule has 0 unspecified atom stereocenters. The number of anilines is 1. The summed E-state index contributed by atoms with van der Waals surface area (Å²) in [6, 6.07) is 1.83. The molecule has 1 amide bonds. The lowest BCUT2D eigenvalue weighted by molar-refractivity contribution is -0.116. The Morgan fingerprint density at radius 3 is 2.60 bits per heavy atom. The Kier molecular flexibility index (Phi) is 4.22. The number of nitrogens with two attached hydrogens (primary N) is 1. The van der Waals surface area contributed by atoms with Gasteiger partial charge in [-0.25, -0.2) is 9.78 Å². The maximum absolute atomic E-state index is 11.3. The molecule has 20 heavy (non-hydrogen) atoms. The van der Waals surface area contributed by atoms with Gasteiger partial charge in [-0.1, -0.05) is 12.8 Å². The van der Waals surface area contributed by atoms with Gasteiger partial charge in [0, 0.05) is 12.2 Å². The van der Waals surface area contributed by atoms with E-state index < -0.39 is 11.9 Å². The maximum Gasteiger partial charge on any atom is 0.337 e. The van der Waals surface area contributed by atoms with E-state index in [1.165, 1.54) is 6.20 Å². The van der Waals surface area contributed by atoms with Gasteiger partial charge in [0.2, 0.25) is 5.91 Å². The average molecular weight is 277 g/mol. The molecule has 1 aromatic rings. The molecule has 0 spiro atoms. The Balaban J connectivity index is 2.32. The van der Waals surface area contributed by atoms with Gasteiger partial charge >= 0.3 is 5.97 Å². The topological polar surface area (TPSA) is 96.5 Å². The molecule has 0 radical (unpaired) electrons. The third-order valence-electron chi connectivity index (χ3n) is 3.66. The van der Waals surface area contributed by atoms with Crippen molar-refractivity contribution in [1.29, 1.82) is 0 Å². The van der Waals surface area contributed by atoms with Crippen LogP contribution in [0.3, 0.4) is 0 Å². The van der Waals surface area contributed by atoms with Crippen LogP contribution in [0.15, 0.2) is 12.3 Å². The molecule has 1 heterocycles. The number of carbonyl (C=O) groups is 2. The van der Waals surface area contributed by atoms with Gasteiger partial charge in [0.25, 0.3) is 0 Å². The summed E-state index contributed by atoms with van der Waals surface area (Å²) in [5.74, 6) is -0.754. The second kappa shape index (κ2) is 5.90. The Bertz CT molecular complexity index is 524. The molecule has 0 aliphatic heterocycles. The minimum Gasteiger partial charge on any atom is -0.478 e. The maximum atomic E-state index is 11.3. The van der Waals surface area contributed by atoms with Crippen LogP contribution in [0, 0.1) is 6.92 Å². The standard InChI is InChI=1S/C14H19N3O3/c1-9-6-10(14(19)20)7-16-13(9)17(8-12(15)18)11-4-2-3-5-11/h6-7,11H,2-5,8H2,1H3,(H2,15,18)(H,19,20). The molecule has 2 rings (SSSR count). The molecule has 1 aliphatic rings. The molecule has 0 atom stereocenters. The second-order valence-electron chi connectivity index (χ2n) is 5.20. The molecule has 108 valence electrons. The number of pyridine rings is 1. The van der Waals surface area contributed by atoms with E-state index in [0.29, 0.717) is 5.82 Å². The van der Waals surface area contributed by atoms with Crippen molar-refractivity contribution in [3.05, 3.63) is 23.4 Å². The smallest absolute Gasteiger partial charge is 0.337 e. The summed E-state index contributed by atoms with van der Waals surface area (Å²) in [4.78, 5) is 28.4. The minimum atomic E-state index is -1.01. The number of primary amides is 1. The van der Waals surface area contributed by atoms with Gasteiger partial charge in [-0.2, -0.15) is 0 Å². The van der Waals surface area contributed by atoms with Crippen LogP contribution in [-0.4, -0.2) is 34.6 Å². The van der Waals surface area contributed by atoms with Crippen molar-refractivity contribution in [3.63, 3.8) is 0 Å². The van der Waals surface area contributed by atoms with E-state index >= 15 is 0 Å². The van der Waals surface area contributed by atoms with Gasteiger partial charge in [0.1, 0.15) is 5.82 Å². The fraction of sp³-hybridized carbons (Fsp3) is 0.500. The normalized spacial score (nSPS) is 15.2. The number of aromatic carboxylic acids is 1. The third-order valence-corrected chi connectivity index (χ3v) is 3.66. The van der Waals surface area contributed by atoms with E-state index in [0.717, 1.165) is 31.2 Å². The van der Waals surface area contributed by atoms with Gasteiger partial charge in [-0.3, -0.25) is 4.79 Å². The van der Waals surface area contributed by atoms with Crippen LogP contribution in [-0.2, 0) is 4.79 Å². The summed E-state index contributed by atoms with van der Waals surface area (Å²) >= 11 is 0. The fourth-order valence-electron chi connectivity index (χ4n) is 2.75. The largest absolute Gasteiger partial charge is 0.478 e. The van der Waals surface area contributed by atoms with Crippen LogP contribution in [0.5, 0.6) is 0 Å². The zero-order valence-corrected chi connectivity index (χ0v) is 11.5. The molecular weight excluding hydrogens is 258 g/mol. The Hall–Kier alpha value is -2.11. The third kappa shape index (κ3) is 3.07. The summed E-state index contributed by atoms with van der Waals surface area (Å²) in [7, 11) is 0. The first-order chi connectivity index (χ1) is 9.49. The van der Waals surface area contributed by atoms with Crippen molar-refractivity contribution in [1.82, 2.24) is 4.98 Å². The zero-order chi connectivity index (χ0) is 14.7. The average Bonchev–Trinajstić information content (AvgIpc) is 2.89. The lowest BCUT2D eigenvalue weighted by atomic mass is 10.1. The van der Waals surface area contributed by atoms with Crippen molar-refractivity contribution in [2.75, 3.05) is 11.4 Å². The van der Waals surface area contributed by atoms with E-state index in [1.807, 2.05) is 4.90 Å². The highest BCUT2D eigenvalue weighted by molar-refractivity contribution is 5.88. The number of carboxylic acids is 1. The predicted molar refractivity (Wildman–Crippen MR) is 74.7 cm³/mol. The molecule has 6 heteroatoms. The van der Waals surface area contributed by atoms with Crippen molar-refractivity contribution in [2.45, 2.75) is 38.6 Å². The number of amides is 1. The molecule has 1 saturated carbocycles. The van der Waals surface area contributed by atoms with Crippen LogP contribution in [0.2, 0.25) is 0 Å². The predicted octanol–water partition coefficient (Wildman–Crippen LogP) is 1.32. The molecule has 3 N–H and O–H groups in total. The van der Waals surface area contributed by atoms with Gasteiger partial charge in [0.05, 0.1) is 12.1 Å². The van der Waals surface area contributed by atoms with Crippen molar-refractivity contribution < 1.29 is 14.7 Å². The fourth-order valence-corrected chi connectivity index (χ4v) is 2.75. The molecule has 6 nitrogen and oxygen atoms in total. The number of hydrogen-bond donors (Lipinski definition) is 2. The first-order valence-electron chi connectivity index (χ1n) is 6.74. The highest BCUT2D eigenvalue weighted by Crippen LogP contribution is 2.29. The first-order valence-corrected chi connectivity index (χ1v) is 6.74. The number of hydrogen-bond acceptors (Lipinski definition) is 4. The van der Waals surface area contributed by atoms with Crippen LogP contribution < -0.4 is 10.6 Å². The van der Waals surface area contributed by atoms with Gasteiger partial charge in [-0.15, -0.1) is 0 Å². The minimum absolute atomic E-state index is 0.116. The van der Waals surface area contributed by atoms with Gasteiger partial charge in [-0.05, 0) is 31.4 Å². The van der Waals surface area contributed by atoms with Gasteiger partial charge < -0.3 is 15.7 Å². The molecule has 1 aliphatic carbocycles. The Labute approximate surface area is 117 Å². The summed E-state index contributed by atoms with van der Waals surface area (Å²) < 4.78 is 0. The number of nitrogens with zero attached hydrogens (tertiary/aromatic N) is 2. The van der Waals surface area contributed by atoms with E-state index in [9.17, 15) is 9.59 Å². The zero-order valence-electron chi connectivity index (χ0n) is 11.5. The number of carboxylic acid groups (broad SMARTS) is 1. The monoisotopic (exact) mass is 277 g/mol. The Morgan fingerprint density at radius 2 is 2.10 bits per heavy atom. The highest BCUT2D eigenvalue weighted by atomic mass is 16.4. The number of aryl methyl sites for hydroxylation is 1. The van der Waals surface area contributed by atoms with E-state index in [4.69, 9.17) is 10.8 Å². The van der Waals surface area contributed by atoms with Crippen LogP contribution >= 0.6 is 0 Å². The number of rotatable bonds is 5.